The molecule has 0 aliphatic carbocycles. The van der Waals surface area contributed by atoms with E-state index in [0.717, 1.165) is 12.4 Å². The zero-order valence-electron chi connectivity index (χ0n) is 12.9. The van der Waals surface area contributed by atoms with E-state index in [1.165, 1.54) is 12.1 Å². The Bertz CT molecular complexity index is 493. The van der Waals surface area contributed by atoms with Gasteiger partial charge in [-0.1, -0.05) is 24.3 Å². The van der Waals surface area contributed by atoms with E-state index in [0.29, 0.717) is 0 Å². The zero-order chi connectivity index (χ0) is 16.1. The third kappa shape index (κ3) is 3.11. The molecule has 0 aromatic heterocycles. The molecule has 0 N–H and O–H groups in total. The maximum absolute atomic E-state index is 12.7. The fourth-order valence-corrected chi connectivity index (χ4v) is 2.11. The van der Waals surface area contributed by atoms with Crippen molar-refractivity contribution < 1.29 is 22.5 Å². The van der Waals surface area contributed by atoms with Crippen molar-refractivity contribution in [3.8, 4) is 0 Å². The van der Waals surface area contributed by atoms with Crippen molar-refractivity contribution in [3.63, 3.8) is 0 Å². The first kappa shape index (κ1) is 16.4. The van der Waals surface area contributed by atoms with E-state index in [1.54, 1.807) is 12.1 Å². The highest BCUT2D eigenvalue weighted by Crippen LogP contribution is 2.37. The Balaban J connectivity index is 2.18. The molecule has 1 atom stereocenters. The van der Waals surface area contributed by atoms with Crippen LogP contribution in [-0.4, -0.2) is 24.5 Å². The topological polar surface area (TPSA) is 18.5 Å². The SMILES string of the molecule is CC(c1ccc(B2OC(C)(C)C(C)(C)O2)cc1)C(F)(F)F. The predicted molar refractivity (Wildman–Crippen MR) is 76.6 cm³/mol. The van der Waals surface area contributed by atoms with Crippen molar-refractivity contribution in [2.75, 3.05) is 0 Å². The Hall–Kier alpha value is -1.01. The lowest BCUT2D eigenvalue weighted by Gasteiger charge is -2.32. The third-order valence-corrected chi connectivity index (χ3v) is 4.45. The average molecular weight is 300 g/mol. The van der Waals surface area contributed by atoms with E-state index >= 15 is 0 Å². The Morgan fingerprint density at radius 2 is 1.38 bits per heavy atom. The summed E-state index contributed by atoms with van der Waals surface area (Å²) in [5.74, 6) is -1.48. The molecule has 1 aromatic rings. The molecule has 0 radical (unpaired) electrons. The van der Waals surface area contributed by atoms with Gasteiger partial charge < -0.3 is 9.31 Å². The van der Waals surface area contributed by atoms with E-state index < -0.39 is 30.4 Å². The summed E-state index contributed by atoms with van der Waals surface area (Å²) in [6.45, 7) is 8.91. The van der Waals surface area contributed by atoms with Gasteiger partial charge in [0.15, 0.2) is 0 Å². The first-order valence-electron chi connectivity index (χ1n) is 6.96. The molecule has 0 amide bonds. The van der Waals surface area contributed by atoms with Crippen molar-refractivity contribution in [1.29, 1.82) is 0 Å². The summed E-state index contributed by atoms with van der Waals surface area (Å²) in [7, 11) is -0.551. The lowest BCUT2D eigenvalue weighted by atomic mass is 9.78. The Morgan fingerprint density at radius 3 is 1.76 bits per heavy atom. The van der Waals surface area contributed by atoms with Crippen molar-refractivity contribution in [1.82, 2.24) is 0 Å². The quantitative estimate of drug-likeness (QED) is 0.776. The highest BCUT2D eigenvalue weighted by molar-refractivity contribution is 6.62. The minimum atomic E-state index is -4.23. The molecule has 1 saturated heterocycles. The summed E-state index contributed by atoms with van der Waals surface area (Å²) in [5, 5.41) is 0. The second-order valence-corrected chi connectivity index (χ2v) is 6.52. The number of benzene rings is 1. The van der Waals surface area contributed by atoms with Crippen LogP contribution in [0.3, 0.4) is 0 Å². The normalized spacial score (nSPS) is 22.4. The third-order valence-electron chi connectivity index (χ3n) is 4.45. The molecule has 1 aliphatic rings. The molecule has 1 heterocycles. The summed E-state index contributed by atoms with van der Waals surface area (Å²) in [4.78, 5) is 0. The Labute approximate surface area is 123 Å². The highest BCUT2D eigenvalue weighted by Gasteiger charge is 2.51. The molecule has 6 heteroatoms. The largest absolute Gasteiger partial charge is 0.494 e. The number of hydrogen-bond donors (Lipinski definition) is 0. The summed E-state index contributed by atoms with van der Waals surface area (Å²) < 4.78 is 49.8. The molecule has 116 valence electrons. The van der Waals surface area contributed by atoms with Crippen molar-refractivity contribution in [3.05, 3.63) is 29.8 Å². The summed E-state index contributed by atoms with van der Waals surface area (Å²) in [5.41, 5.74) is 0.0418. The van der Waals surface area contributed by atoms with Gasteiger partial charge in [-0.3, -0.25) is 0 Å². The van der Waals surface area contributed by atoms with E-state index in [4.69, 9.17) is 9.31 Å². The van der Waals surface area contributed by atoms with Gasteiger partial charge in [0.1, 0.15) is 0 Å². The predicted octanol–water partition coefficient (Wildman–Crippen LogP) is 3.65. The van der Waals surface area contributed by atoms with Gasteiger partial charge in [-0.15, -0.1) is 0 Å². The van der Waals surface area contributed by atoms with Crippen LogP contribution in [0.15, 0.2) is 24.3 Å². The van der Waals surface area contributed by atoms with Gasteiger partial charge >= 0.3 is 13.3 Å². The van der Waals surface area contributed by atoms with Crippen LogP contribution in [0.25, 0.3) is 0 Å². The Morgan fingerprint density at radius 1 is 0.952 bits per heavy atom. The monoisotopic (exact) mass is 300 g/mol. The van der Waals surface area contributed by atoms with Gasteiger partial charge in [0.05, 0.1) is 17.1 Å². The minimum Gasteiger partial charge on any atom is -0.399 e. The molecule has 21 heavy (non-hydrogen) atoms. The van der Waals surface area contributed by atoms with Crippen LogP contribution < -0.4 is 5.46 Å². The molecule has 2 nitrogen and oxygen atoms in total. The van der Waals surface area contributed by atoms with Crippen LogP contribution >= 0.6 is 0 Å². The summed E-state index contributed by atoms with van der Waals surface area (Å²) in [6, 6.07) is 6.25. The molecule has 1 fully saturated rings. The summed E-state index contributed by atoms with van der Waals surface area (Å²) >= 11 is 0. The van der Waals surface area contributed by atoms with Crippen molar-refractivity contribution in [2.45, 2.75) is 57.9 Å². The number of alkyl halides is 3. The lowest BCUT2D eigenvalue weighted by molar-refractivity contribution is -0.146. The number of hydrogen-bond acceptors (Lipinski definition) is 2. The maximum Gasteiger partial charge on any atom is 0.494 e. The van der Waals surface area contributed by atoms with E-state index in [-0.39, 0.29) is 5.56 Å². The average Bonchev–Trinajstić information content (AvgIpc) is 2.57. The van der Waals surface area contributed by atoms with Gasteiger partial charge in [-0.05, 0) is 45.6 Å². The molecule has 1 unspecified atom stereocenters. The maximum atomic E-state index is 12.7. The Kier molecular flexibility index (Phi) is 3.91. The highest BCUT2D eigenvalue weighted by atomic mass is 19.4. The molecular weight excluding hydrogens is 280 g/mol. The van der Waals surface area contributed by atoms with Crippen molar-refractivity contribution >= 4 is 12.6 Å². The van der Waals surface area contributed by atoms with E-state index in [2.05, 4.69) is 0 Å². The molecule has 0 bridgehead atoms. The number of halogens is 3. The molecule has 1 aromatic carbocycles. The van der Waals surface area contributed by atoms with Gasteiger partial charge in [0.2, 0.25) is 0 Å². The fourth-order valence-electron chi connectivity index (χ4n) is 2.11. The minimum absolute atomic E-state index is 0.239. The standard InChI is InChI=1S/C15H20BF3O2/c1-10(15(17,18)19)11-6-8-12(9-7-11)16-20-13(2,3)14(4,5)21-16/h6-10H,1-5H3. The lowest BCUT2D eigenvalue weighted by Crippen LogP contribution is -2.41. The van der Waals surface area contributed by atoms with Gasteiger partial charge in [-0.2, -0.15) is 13.2 Å². The summed E-state index contributed by atoms with van der Waals surface area (Å²) in [6.07, 6.45) is -4.23. The van der Waals surface area contributed by atoms with Gasteiger partial charge in [-0.25, -0.2) is 0 Å². The first-order chi connectivity index (χ1) is 9.44. The van der Waals surface area contributed by atoms with Gasteiger partial charge in [0, 0.05) is 0 Å². The fraction of sp³-hybridized carbons (Fsp3) is 0.600. The smallest absolute Gasteiger partial charge is 0.399 e. The van der Waals surface area contributed by atoms with Crippen LogP contribution in [0.2, 0.25) is 0 Å². The van der Waals surface area contributed by atoms with Crippen LogP contribution in [-0.2, 0) is 9.31 Å². The first-order valence-corrected chi connectivity index (χ1v) is 6.96. The second-order valence-electron chi connectivity index (χ2n) is 6.52. The molecule has 2 rings (SSSR count). The van der Waals surface area contributed by atoms with Crippen LogP contribution in [0.1, 0.15) is 46.1 Å². The van der Waals surface area contributed by atoms with Crippen LogP contribution in [0.5, 0.6) is 0 Å². The number of rotatable bonds is 2. The van der Waals surface area contributed by atoms with Gasteiger partial charge in [0.25, 0.3) is 0 Å². The van der Waals surface area contributed by atoms with Crippen LogP contribution in [0, 0.1) is 0 Å². The molecule has 1 aliphatic heterocycles. The van der Waals surface area contributed by atoms with Crippen LogP contribution in [0.4, 0.5) is 13.2 Å². The van der Waals surface area contributed by atoms with Crippen molar-refractivity contribution in [2.24, 2.45) is 0 Å². The zero-order valence-corrected chi connectivity index (χ0v) is 12.9. The second kappa shape index (κ2) is 5.02. The van der Waals surface area contributed by atoms with E-state index in [1.807, 2.05) is 27.7 Å². The molecular formula is C15H20BF3O2. The van der Waals surface area contributed by atoms with E-state index in [9.17, 15) is 13.2 Å². The molecule has 0 saturated carbocycles. The molecule has 0 spiro atoms.